The maximum Gasteiger partial charge on any atom is 0.405 e. The lowest BCUT2D eigenvalue weighted by Crippen LogP contribution is -2.55. The Morgan fingerprint density at radius 3 is 2.31 bits per heavy atom. The molecule has 2 aromatic rings. The molecule has 36 heavy (non-hydrogen) atoms. The average Bonchev–Trinajstić information content (AvgIpc) is 3.08. The fourth-order valence-corrected chi connectivity index (χ4v) is 4.71. The van der Waals surface area contributed by atoms with Crippen LogP contribution in [0.4, 0.5) is 23.4 Å². The van der Waals surface area contributed by atoms with Gasteiger partial charge in [0.05, 0.1) is 11.8 Å². The number of hydrogen-bond acceptors (Lipinski definition) is 6. The van der Waals surface area contributed by atoms with Gasteiger partial charge in [0.25, 0.3) is 11.8 Å². The molecule has 0 radical (unpaired) electrons. The van der Waals surface area contributed by atoms with Crippen LogP contribution in [0.25, 0.3) is 0 Å². The first-order valence-electron chi connectivity index (χ1n) is 11.6. The van der Waals surface area contributed by atoms with Crippen molar-refractivity contribution in [2.24, 2.45) is 0 Å². The molecular weight excluding hydrogens is 482 g/mol. The van der Waals surface area contributed by atoms with Gasteiger partial charge in [-0.1, -0.05) is 0 Å². The molecule has 2 amide bonds. The molecule has 0 spiro atoms. The van der Waals surface area contributed by atoms with Crippen molar-refractivity contribution in [3.05, 3.63) is 48.0 Å². The second kappa shape index (κ2) is 9.90. The van der Waals surface area contributed by atoms with Crippen molar-refractivity contribution in [3.63, 3.8) is 0 Å². The van der Waals surface area contributed by atoms with E-state index in [-0.39, 0.29) is 35.5 Å². The number of ether oxygens (including phenoxy) is 1. The van der Waals surface area contributed by atoms with Gasteiger partial charge in [0.2, 0.25) is 5.88 Å². The number of hydrogen-bond donors (Lipinski definition) is 2. The molecule has 12 heteroatoms. The smallest absolute Gasteiger partial charge is 0.405 e. The van der Waals surface area contributed by atoms with E-state index in [0.29, 0.717) is 18.7 Å². The zero-order valence-corrected chi connectivity index (χ0v) is 19.8. The molecule has 0 unspecified atom stereocenters. The molecule has 0 saturated carbocycles. The Morgan fingerprint density at radius 1 is 1.06 bits per heavy atom. The van der Waals surface area contributed by atoms with Crippen LogP contribution in [-0.2, 0) is 4.79 Å². The molecule has 4 rings (SSSR count). The molecule has 0 aromatic carbocycles. The molecule has 2 fully saturated rings. The van der Waals surface area contributed by atoms with Gasteiger partial charge in [-0.05, 0) is 57.7 Å². The molecule has 3 atom stereocenters. The third kappa shape index (κ3) is 6.03. The zero-order chi connectivity index (χ0) is 26.1. The van der Waals surface area contributed by atoms with E-state index in [4.69, 9.17) is 4.74 Å². The summed E-state index contributed by atoms with van der Waals surface area (Å²) in [6.07, 6.45) is 0.994. The summed E-state index contributed by atoms with van der Waals surface area (Å²) in [6, 6.07) is 5.83. The van der Waals surface area contributed by atoms with Crippen molar-refractivity contribution >= 4 is 17.6 Å². The molecule has 2 saturated heterocycles. The highest BCUT2D eigenvalue weighted by Crippen LogP contribution is 2.38. The van der Waals surface area contributed by atoms with E-state index in [9.17, 15) is 27.2 Å². The fourth-order valence-electron chi connectivity index (χ4n) is 4.71. The maximum atomic E-state index is 13.1. The Hall–Kier alpha value is -3.44. The molecular formula is C24H27F4N5O3. The number of halogens is 4. The van der Waals surface area contributed by atoms with Crippen LogP contribution in [0.5, 0.6) is 5.88 Å². The van der Waals surface area contributed by atoms with Crippen molar-refractivity contribution < 1.29 is 31.9 Å². The van der Waals surface area contributed by atoms with Crippen molar-refractivity contribution in [1.29, 1.82) is 0 Å². The Labute approximate surface area is 205 Å². The second-order valence-electron chi connectivity index (χ2n) is 9.56. The Kier molecular flexibility index (Phi) is 7.05. The van der Waals surface area contributed by atoms with Crippen molar-refractivity contribution in [2.75, 3.05) is 11.4 Å². The van der Waals surface area contributed by atoms with E-state index < -0.39 is 30.0 Å². The van der Waals surface area contributed by atoms with Gasteiger partial charge in [-0.2, -0.15) is 13.2 Å². The average molecular weight is 510 g/mol. The number of rotatable bonds is 7. The highest BCUT2D eigenvalue weighted by atomic mass is 19.4. The molecule has 194 valence electrons. The first-order valence-corrected chi connectivity index (χ1v) is 11.6. The van der Waals surface area contributed by atoms with Crippen LogP contribution in [0.3, 0.4) is 0 Å². The van der Waals surface area contributed by atoms with Gasteiger partial charge in [0.1, 0.15) is 18.2 Å². The van der Waals surface area contributed by atoms with E-state index >= 15 is 0 Å². The van der Waals surface area contributed by atoms with Gasteiger partial charge < -0.3 is 20.3 Å². The third-order valence-corrected chi connectivity index (χ3v) is 6.40. The van der Waals surface area contributed by atoms with Crippen LogP contribution in [0.2, 0.25) is 0 Å². The molecule has 2 aliphatic rings. The van der Waals surface area contributed by atoms with Crippen molar-refractivity contribution in [1.82, 2.24) is 20.6 Å². The molecule has 8 nitrogen and oxygen atoms in total. The molecule has 2 aromatic heterocycles. The van der Waals surface area contributed by atoms with Gasteiger partial charge >= 0.3 is 6.18 Å². The first kappa shape index (κ1) is 25.6. The Bertz CT molecular complexity index is 1080. The Balaban J connectivity index is 1.34. The number of carbonyl (C=O) groups excluding carboxylic acids is 2. The minimum Gasteiger partial charge on any atom is -0.462 e. The topological polar surface area (TPSA) is 96.5 Å². The van der Waals surface area contributed by atoms with Crippen LogP contribution in [0.1, 0.15) is 49.9 Å². The van der Waals surface area contributed by atoms with Gasteiger partial charge in [0.15, 0.2) is 5.60 Å². The molecule has 2 aliphatic heterocycles. The van der Waals surface area contributed by atoms with E-state index in [1.54, 1.807) is 19.9 Å². The van der Waals surface area contributed by atoms with Crippen molar-refractivity contribution in [2.45, 2.75) is 69.4 Å². The maximum absolute atomic E-state index is 13.1. The predicted octanol–water partition coefficient (Wildman–Crippen LogP) is 3.38. The summed E-state index contributed by atoms with van der Waals surface area (Å²) in [6.45, 7) is 1.83. The zero-order valence-electron chi connectivity index (χ0n) is 19.8. The highest BCUT2D eigenvalue weighted by molar-refractivity contribution is 5.94. The van der Waals surface area contributed by atoms with Crippen molar-refractivity contribution in [3.8, 4) is 5.88 Å². The quantitative estimate of drug-likeness (QED) is 0.556. The monoisotopic (exact) mass is 509 g/mol. The standard InChI is InChI=1S/C24H27F4N5O3/c1-23(2,36-20-8-4-15(25)12-30-20)22(35)32-16-9-17-5-6-18(10-16)33(17)19-7-3-14(11-29-19)21(34)31-13-24(26,27)28/h3-4,7-8,11-12,16-18H,5-6,9-10,13H2,1-2H3,(H,31,34)(H,32,35)/t16-,17+,18-. The number of nitrogens with zero attached hydrogens (tertiary/aromatic N) is 3. The van der Waals surface area contributed by atoms with Crippen LogP contribution in [0.15, 0.2) is 36.7 Å². The molecule has 4 heterocycles. The fraction of sp³-hybridized carbons (Fsp3) is 0.500. The summed E-state index contributed by atoms with van der Waals surface area (Å²) >= 11 is 0. The summed E-state index contributed by atoms with van der Waals surface area (Å²) in [7, 11) is 0. The number of amides is 2. The summed E-state index contributed by atoms with van der Waals surface area (Å²) in [5.74, 6) is -0.852. The highest BCUT2D eigenvalue weighted by Gasteiger charge is 2.43. The summed E-state index contributed by atoms with van der Waals surface area (Å²) < 4.78 is 55.8. The molecule has 2 bridgehead atoms. The van der Waals surface area contributed by atoms with Crippen LogP contribution in [0, 0.1) is 5.82 Å². The van der Waals surface area contributed by atoms with E-state index in [1.165, 1.54) is 24.4 Å². The number of fused-ring (bicyclic) bond motifs is 2. The minimum atomic E-state index is -4.48. The van der Waals surface area contributed by atoms with Crippen LogP contribution >= 0.6 is 0 Å². The molecule has 2 N–H and O–H groups in total. The number of alkyl halides is 3. The van der Waals surface area contributed by atoms with Gasteiger partial charge in [-0.3, -0.25) is 9.59 Å². The van der Waals surface area contributed by atoms with Gasteiger partial charge in [-0.25, -0.2) is 14.4 Å². The lowest BCUT2D eigenvalue weighted by Gasteiger charge is -2.40. The second-order valence-corrected chi connectivity index (χ2v) is 9.56. The number of aromatic nitrogens is 2. The number of anilines is 1. The lowest BCUT2D eigenvalue weighted by atomic mass is 9.96. The number of carbonyl (C=O) groups is 2. The van der Waals surface area contributed by atoms with E-state index in [2.05, 4.69) is 20.2 Å². The normalized spacial score (nSPS) is 21.7. The summed E-state index contributed by atoms with van der Waals surface area (Å²) in [5.41, 5.74) is -1.17. The Morgan fingerprint density at radius 2 is 1.75 bits per heavy atom. The minimum absolute atomic E-state index is 0.0513. The summed E-state index contributed by atoms with van der Waals surface area (Å²) in [5, 5.41) is 4.89. The number of nitrogens with one attached hydrogen (secondary N) is 2. The number of pyridine rings is 2. The first-order chi connectivity index (χ1) is 16.9. The number of piperidine rings is 1. The lowest BCUT2D eigenvalue weighted by molar-refractivity contribution is -0.135. The molecule has 0 aliphatic carbocycles. The largest absolute Gasteiger partial charge is 0.462 e. The van der Waals surface area contributed by atoms with Crippen LogP contribution < -0.4 is 20.3 Å². The van der Waals surface area contributed by atoms with Crippen LogP contribution in [-0.4, -0.2) is 58.2 Å². The SMILES string of the molecule is CC(C)(Oc1ccc(F)cn1)C(=O)N[C@H]1C[C@H]2CC[C@@H](C1)N2c1ccc(C(=O)NCC(F)(F)F)cn1. The predicted molar refractivity (Wildman–Crippen MR) is 122 cm³/mol. The summed E-state index contributed by atoms with van der Waals surface area (Å²) in [4.78, 5) is 35.2. The van der Waals surface area contributed by atoms with Gasteiger partial charge in [0, 0.05) is 30.4 Å². The van der Waals surface area contributed by atoms with E-state index in [0.717, 1.165) is 19.0 Å². The van der Waals surface area contributed by atoms with Gasteiger partial charge in [-0.15, -0.1) is 0 Å². The van der Waals surface area contributed by atoms with E-state index in [1.807, 2.05) is 5.32 Å². The third-order valence-electron chi connectivity index (χ3n) is 6.40.